The van der Waals surface area contributed by atoms with E-state index in [4.69, 9.17) is 10.5 Å². The number of anilines is 1. The predicted octanol–water partition coefficient (Wildman–Crippen LogP) is -15.3. The molecule has 0 spiro atoms. The van der Waals surface area contributed by atoms with Gasteiger partial charge in [0.05, 0.1) is 26.1 Å². The molecule has 0 radical (unpaired) electrons. The number of aliphatic hydroxyl groups excluding tert-OH is 1. The average Bonchev–Trinajstić information content (AvgIpc) is 2.93. The second-order valence-corrected chi connectivity index (χ2v) is 10.1. The molecular weight excluding hydrogens is 515 g/mol. The topological polar surface area (TPSA) is 262 Å². The quantitative estimate of drug-likeness (QED) is 0.180. The van der Waals surface area contributed by atoms with Crippen LogP contribution in [0.15, 0.2) is 11.0 Å². The molecule has 0 saturated carbocycles. The van der Waals surface area contributed by atoms with Crippen molar-refractivity contribution in [3.63, 3.8) is 0 Å². The van der Waals surface area contributed by atoms with Gasteiger partial charge in [-0.25, -0.2) is 9.11 Å². The molecular formula is C12H14Li4N3O13P3. The van der Waals surface area contributed by atoms with Gasteiger partial charge in [0.1, 0.15) is 18.1 Å². The van der Waals surface area contributed by atoms with E-state index in [1.807, 2.05) is 0 Å². The number of hydrogen-bond donors (Lipinski definition) is 2. The van der Waals surface area contributed by atoms with E-state index in [-0.39, 0.29) is 93.2 Å². The number of nitrogens with zero attached hydrogens (tertiary/aromatic N) is 2. The zero-order valence-corrected chi connectivity index (χ0v) is 22.1. The molecule has 5 atom stereocenters. The number of phosphoric acid groups is 3. The van der Waals surface area contributed by atoms with Crippen LogP contribution in [-0.4, -0.2) is 33.5 Å². The number of rotatable bonds is 8. The van der Waals surface area contributed by atoms with Gasteiger partial charge in [0.2, 0.25) is 0 Å². The summed E-state index contributed by atoms with van der Waals surface area (Å²) in [7, 11) is -18.0. The van der Waals surface area contributed by atoms with Crippen LogP contribution in [0, 0.1) is 11.8 Å². The van der Waals surface area contributed by atoms with E-state index in [1.54, 1.807) is 0 Å². The number of phosphoric ester groups is 1. The van der Waals surface area contributed by atoms with E-state index < -0.39 is 54.2 Å². The van der Waals surface area contributed by atoms with Gasteiger partial charge in [0, 0.05) is 12.6 Å². The Morgan fingerprint density at radius 1 is 1.17 bits per heavy atom. The van der Waals surface area contributed by atoms with Crippen molar-refractivity contribution in [3.05, 3.63) is 22.2 Å². The Kier molecular flexibility index (Phi) is 18.7. The largest absolute Gasteiger partial charge is 1.00 e. The number of hydrogen-bond acceptors (Lipinski definition) is 15. The van der Waals surface area contributed by atoms with E-state index in [2.05, 4.69) is 30.0 Å². The minimum Gasteiger partial charge on any atom is -0.790 e. The second kappa shape index (κ2) is 16.2. The molecule has 16 nitrogen and oxygen atoms in total. The van der Waals surface area contributed by atoms with Gasteiger partial charge >= 0.3 is 81.1 Å². The summed E-state index contributed by atoms with van der Waals surface area (Å²) in [5.41, 5.74) is 4.93. The molecule has 1 aromatic rings. The summed E-state index contributed by atoms with van der Waals surface area (Å²) in [4.78, 5) is 58.9. The van der Waals surface area contributed by atoms with Gasteiger partial charge in [-0.1, -0.05) is 5.92 Å². The Hall–Kier alpha value is 0.960. The molecule has 1 aliphatic rings. The Morgan fingerprint density at radius 2 is 1.74 bits per heavy atom. The maximum atomic E-state index is 12.0. The van der Waals surface area contributed by atoms with Crippen molar-refractivity contribution in [2.24, 2.45) is 0 Å². The van der Waals surface area contributed by atoms with Crippen molar-refractivity contribution in [2.75, 3.05) is 12.3 Å². The van der Waals surface area contributed by atoms with Gasteiger partial charge in [-0.2, -0.15) is 4.98 Å². The molecule has 5 unspecified atom stereocenters. The van der Waals surface area contributed by atoms with Crippen molar-refractivity contribution >= 4 is 29.3 Å². The fourth-order valence-corrected chi connectivity index (χ4v) is 5.27. The van der Waals surface area contributed by atoms with Crippen LogP contribution < -0.4 is 106 Å². The van der Waals surface area contributed by atoms with E-state index in [1.165, 1.54) is 13.1 Å². The van der Waals surface area contributed by atoms with E-state index >= 15 is 0 Å². The van der Waals surface area contributed by atoms with Crippen LogP contribution in [0.3, 0.4) is 0 Å². The third kappa shape index (κ3) is 13.0. The second-order valence-electron chi connectivity index (χ2n) is 5.84. The first-order valence-corrected chi connectivity index (χ1v) is 12.4. The monoisotopic (exact) mass is 529 g/mol. The molecule has 1 fully saturated rings. The molecule has 2 heterocycles. The summed E-state index contributed by atoms with van der Waals surface area (Å²) in [6.45, 7) is 0.518. The maximum Gasteiger partial charge on any atom is 1.00 e. The molecule has 3 N–H and O–H groups in total. The number of nitrogens with two attached hydrogens (primary N) is 1. The van der Waals surface area contributed by atoms with Crippen molar-refractivity contribution in [3.8, 4) is 11.8 Å². The van der Waals surface area contributed by atoms with Crippen LogP contribution in [0.2, 0.25) is 0 Å². The minimum atomic E-state index is -6.12. The summed E-state index contributed by atoms with van der Waals surface area (Å²) < 4.78 is 49.9. The maximum absolute atomic E-state index is 12.0. The van der Waals surface area contributed by atoms with E-state index in [0.29, 0.717) is 0 Å². The molecule has 35 heavy (non-hydrogen) atoms. The minimum absolute atomic E-state index is 0. The fourth-order valence-electron chi connectivity index (χ4n) is 2.40. The third-order valence-electron chi connectivity index (χ3n) is 3.55. The van der Waals surface area contributed by atoms with Crippen molar-refractivity contribution in [2.45, 2.75) is 31.8 Å². The SMILES string of the molecule is CC#Cc1cn(C2CC(O)C(COP(=O)([O-])OP(=O)([O-])OP(=O)([O-])[O-])O2)c(=O)nc1N.[Li+].[Li+].[Li+].[Li+]. The van der Waals surface area contributed by atoms with Crippen LogP contribution in [0.4, 0.5) is 5.82 Å². The summed E-state index contributed by atoms with van der Waals surface area (Å²) in [6.07, 6.45) is -2.90. The van der Waals surface area contributed by atoms with Crippen LogP contribution >= 0.6 is 23.5 Å². The molecule has 2 rings (SSSR count). The van der Waals surface area contributed by atoms with Crippen LogP contribution in [-0.2, 0) is 31.6 Å². The van der Waals surface area contributed by atoms with Crippen molar-refractivity contribution in [1.29, 1.82) is 0 Å². The van der Waals surface area contributed by atoms with Crippen LogP contribution in [0.5, 0.6) is 0 Å². The smallest absolute Gasteiger partial charge is 0.790 e. The van der Waals surface area contributed by atoms with E-state index in [0.717, 1.165) is 4.57 Å². The number of aliphatic hydroxyl groups is 1. The van der Waals surface area contributed by atoms with Gasteiger partial charge in [-0.3, -0.25) is 18.0 Å². The zero-order chi connectivity index (χ0) is 23.6. The Balaban J connectivity index is -0.00000256. The first kappa shape index (κ1) is 40.5. The molecule has 0 bridgehead atoms. The molecule has 1 saturated heterocycles. The number of aromatic nitrogens is 2. The van der Waals surface area contributed by atoms with Gasteiger partial charge < -0.3 is 44.2 Å². The predicted molar refractivity (Wildman–Crippen MR) is 90.9 cm³/mol. The molecule has 23 heteroatoms. The van der Waals surface area contributed by atoms with Gasteiger partial charge in [-0.05, 0) is 6.92 Å². The van der Waals surface area contributed by atoms with E-state index in [9.17, 15) is 43.2 Å². The van der Waals surface area contributed by atoms with Crippen molar-refractivity contribution < 1.29 is 132 Å². The molecule has 0 aromatic carbocycles. The fraction of sp³-hybridized carbons (Fsp3) is 0.500. The van der Waals surface area contributed by atoms with Gasteiger partial charge in [0.25, 0.3) is 15.6 Å². The van der Waals surface area contributed by atoms with Crippen LogP contribution in [0.1, 0.15) is 25.1 Å². The Morgan fingerprint density at radius 3 is 2.26 bits per heavy atom. The Labute approximate surface area is 247 Å². The van der Waals surface area contributed by atoms with Crippen LogP contribution in [0.25, 0.3) is 0 Å². The average molecular weight is 529 g/mol. The summed E-state index contributed by atoms with van der Waals surface area (Å²) >= 11 is 0. The third-order valence-corrected chi connectivity index (χ3v) is 7.22. The van der Waals surface area contributed by atoms with Gasteiger partial charge in [0.15, 0.2) is 0 Å². The molecule has 0 aliphatic carbocycles. The molecule has 1 aromatic heterocycles. The Bertz CT molecular complexity index is 1110. The number of ether oxygens (including phenoxy) is 1. The summed E-state index contributed by atoms with van der Waals surface area (Å²) in [6, 6.07) is 0. The summed E-state index contributed by atoms with van der Waals surface area (Å²) in [5.74, 6) is 5.03. The first-order valence-electron chi connectivity index (χ1n) is 7.99. The zero-order valence-electron chi connectivity index (χ0n) is 19.4. The molecule has 174 valence electrons. The first-order chi connectivity index (χ1) is 14.1. The molecule has 0 amide bonds. The number of nitrogen functional groups attached to an aromatic ring is 1. The van der Waals surface area contributed by atoms with Crippen molar-refractivity contribution in [1.82, 2.24) is 9.55 Å². The molecule has 1 aliphatic heterocycles. The van der Waals surface area contributed by atoms with Gasteiger partial charge in [-0.15, -0.1) is 5.92 Å². The normalized spacial score (nSPS) is 22.4. The summed E-state index contributed by atoms with van der Waals surface area (Å²) in [5, 5.41) is 10.0. The standard InChI is InChI=1S/C12H18N3O13P3.4Li/c1-2-3-7-5-15(12(17)14-11(7)13)10-4-8(16)9(26-10)6-25-30(21,22)28-31(23,24)27-29(18,19)20;;;;/h5,8-10,16H,4,6H2,1H3,(H,21,22)(H,23,24)(H2,13,14,17)(H2,18,19,20);;;;/q;4*+1/p-4.